The molecule has 0 radical (unpaired) electrons. The van der Waals surface area contributed by atoms with Gasteiger partial charge < -0.3 is 25.2 Å². The first-order valence-electron chi connectivity index (χ1n) is 10.7. The Balaban J connectivity index is 1.88. The van der Waals surface area contributed by atoms with E-state index in [1.807, 2.05) is 12.1 Å². The molecule has 1 aliphatic heterocycles. The van der Waals surface area contributed by atoms with Crippen molar-refractivity contribution in [3.05, 3.63) is 29.8 Å². The number of hydrogen-bond donors (Lipinski definition) is 3. The van der Waals surface area contributed by atoms with E-state index in [9.17, 15) is 5.11 Å². The second-order valence-corrected chi connectivity index (χ2v) is 9.17. The van der Waals surface area contributed by atoms with Gasteiger partial charge in [-0.25, -0.2) is 0 Å². The summed E-state index contributed by atoms with van der Waals surface area (Å²) in [5.41, 5.74) is 1.18. The van der Waals surface area contributed by atoms with Crippen LogP contribution in [0.5, 0.6) is 5.75 Å². The Kier molecular flexibility index (Phi) is 8.78. The molecular weight excluding hydrogens is 366 g/mol. The van der Waals surface area contributed by atoms with Crippen LogP contribution in [0.3, 0.4) is 0 Å². The van der Waals surface area contributed by atoms with Gasteiger partial charge in [0.05, 0.1) is 13.2 Å². The van der Waals surface area contributed by atoms with Crippen LogP contribution in [0.4, 0.5) is 0 Å². The summed E-state index contributed by atoms with van der Waals surface area (Å²) < 4.78 is 11.4. The molecule has 0 aliphatic carbocycles. The predicted octanol–water partition coefficient (Wildman–Crippen LogP) is 2.95. The molecule has 1 aliphatic rings. The fraction of sp³-hybridized carbons (Fsp3) is 0.696. The maximum Gasteiger partial charge on any atom is 0.191 e. The number of benzene rings is 1. The molecule has 1 atom stereocenters. The highest BCUT2D eigenvalue weighted by atomic mass is 16.5. The van der Waals surface area contributed by atoms with E-state index in [1.54, 1.807) is 7.05 Å². The minimum Gasteiger partial charge on any atom is -0.493 e. The Hall–Kier alpha value is -1.79. The molecule has 1 aromatic carbocycles. The van der Waals surface area contributed by atoms with Crippen molar-refractivity contribution in [3.8, 4) is 5.75 Å². The van der Waals surface area contributed by atoms with Gasteiger partial charge in [0.25, 0.3) is 0 Å². The minimum absolute atomic E-state index is 0.00624. The van der Waals surface area contributed by atoms with Crippen molar-refractivity contribution in [2.24, 2.45) is 16.3 Å². The van der Waals surface area contributed by atoms with Gasteiger partial charge in [-0.3, -0.25) is 4.99 Å². The summed E-state index contributed by atoms with van der Waals surface area (Å²) in [7, 11) is 1.78. The molecule has 1 fully saturated rings. The van der Waals surface area contributed by atoms with E-state index >= 15 is 0 Å². The van der Waals surface area contributed by atoms with Crippen LogP contribution in [0.25, 0.3) is 0 Å². The normalized spacial score (nSPS) is 20.2. The Morgan fingerprint density at radius 2 is 2.00 bits per heavy atom. The minimum atomic E-state index is -0.0621. The van der Waals surface area contributed by atoms with E-state index in [2.05, 4.69) is 55.5 Å². The topological polar surface area (TPSA) is 75.1 Å². The van der Waals surface area contributed by atoms with Gasteiger partial charge in [0.2, 0.25) is 0 Å². The van der Waals surface area contributed by atoms with Crippen LogP contribution < -0.4 is 15.4 Å². The number of nitrogens with zero attached hydrogens (tertiary/aromatic N) is 1. The van der Waals surface area contributed by atoms with Crippen molar-refractivity contribution in [1.82, 2.24) is 10.6 Å². The molecule has 164 valence electrons. The lowest BCUT2D eigenvalue weighted by Gasteiger charge is -2.30. The molecule has 1 saturated heterocycles. The van der Waals surface area contributed by atoms with Crippen molar-refractivity contribution in [2.45, 2.75) is 46.0 Å². The Bertz CT molecular complexity index is 635. The van der Waals surface area contributed by atoms with E-state index < -0.39 is 0 Å². The van der Waals surface area contributed by atoms with Gasteiger partial charge in [0, 0.05) is 44.2 Å². The second-order valence-electron chi connectivity index (χ2n) is 9.17. The highest BCUT2D eigenvalue weighted by Gasteiger charge is 2.34. The van der Waals surface area contributed by atoms with Crippen LogP contribution in [0.2, 0.25) is 0 Å². The molecule has 29 heavy (non-hydrogen) atoms. The molecule has 0 bridgehead atoms. The van der Waals surface area contributed by atoms with Crippen molar-refractivity contribution in [1.29, 1.82) is 0 Å². The van der Waals surface area contributed by atoms with Gasteiger partial charge in [-0.15, -0.1) is 0 Å². The number of hydrogen-bond acceptors (Lipinski definition) is 4. The monoisotopic (exact) mass is 405 g/mol. The highest BCUT2D eigenvalue weighted by molar-refractivity contribution is 5.79. The second kappa shape index (κ2) is 10.8. The SMILES string of the molecule is CN=C(NCC1(CCO)CCOC1)NCC(C)(C)c1ccc(OCC(C)C)cc1. The standard InChI is InChI=1S/C23H39N3O3/c1-18(2)14-29-20-8-6-19(7-9-20)22(3,4)15-25-21(24-5)26-16-23(10-12-27)11-13-28-17-23/h6-9,18,27H,10-17H2,1-5H3,(H2,24,25,26). The van der Waals surface area contributed by atoms with Crippen molar-refractivity contribution in [3.63, 3.8) is 0 Å². The predicted molar refractivity (Wildman–Crippen MR) is 119 cm³/mol. The largest absolute Gasteiger partial charge is 0.493 e. The average molecular weight is 406 g/mol. The Morgan fingerprint density at radius 1 is 1.28 bits per heavy atom. The number of aliphatic hydroxyl groups excluding tert-OH is 1. The third kappa shape index (κ3) is 7.19. The van der Waals surface area contributed by atoms with Crippen LogP contribution in [0.15, 0.2) is 29.3 Å². The molecule has 1 aromatic rings. The van der Waals surface area contributed by atoms with E-state index in [1.165, 1.54) is 5.56 Å². The van der Waals surface area contributed by atoms with Crippen molar-refractivity contribution < 1.29 is 14.6 Å². The summed E-state index contributed by atoms with van der Waals surface area (Å²) in [6.07, 6.45) is 1.71. The first-order valence-corrected chi connectivity index (χ1v) is 10.7. The summed E-state index contributed by atoms with van der Waals surface area (Å²) >= 11 is 0. The highest BCUT2D eigenvalue weighted by Crippen LogP contribution is 2.31. The van der Waals surface area contributed by atoms with Gasteiger partial charge in [-0.2, -0.15) is 0 Å². The van der Waals surface area contributed by atoms with Gasteiger partial charge in [0.1, 0.15) is 5.75 Å². The molecule has 0 amide bonds. The maximum atomic E-state index is 9.39. The van der Waals surface area contributed by atoms with Crippen molar-refractivity contribution in [2.75, 3.05) is 46.6 Å². The lowest BCUT2D eigenvalue weighted by Crippen LogP contribution is -2.47. The Morgan fingerprint density at radius 3 is 2.55 bits per heavy atom. The Labute approximate surface area is 176 Å². The molecule has 6 nitrogen and oxygen atoms in total. The van der Waals surface area contributed by atoms with E-state index in [4.69, 9.17) is 9.47 Å². The number of ether oxygens (including phenoxy) is 2. The first kappa shape index (κ1) is 23.5. The summed E-state index contributed by atoms with van der Waals surface area (Å²) in [6, 6.07) is 8.37. The first-order chi connectivity index (χ1) is 13.8. The van der Waals surface area contributed by atoms with Crippen LogP contribution in [-0.2, 0) is 10.2 Å². The molecule has 1 unspecified atom stereocenters. The van der Waals surface area contributed by atoms with Crippen LogP contribution >= 0.6 is 0 Å². The van der Waals surface area contributed by atoms with Gasteiger partial charge in [-0.1, -0.05) is 39.8 Å². The molecule has 1 heterocycles. The summed E-state index contributed by atoms with van der Waals surface area (Å²) in [4.78, 5) is 4.36. The van der Waals surface area contributed by atoms with Crippen LogP contribution in [0.1, 0.15) is 46.1 Å². The third-order valence-electron chi connectivity index (χ3n) is 5.60. The van der Waals surface area contributed by atoms with Crippen LogP contribution in [-0.4, -0.2) is 57.6 Å². The number of nitrogens with one attached hydrogen (secondary N) is 2. The number of guanidine groups is 1. The average Bonchev–Trinajstić information content (AvgIpc) is 3.16. The van der Waals surface area contributed by atoms with Gasteiger partial charge in [0.15, 0.2) is 5.96 Å². The lowest BCUT2D eigenvalue weighted by atomic mass is 9.84. The third-order valence-corrected chi connectivity index (χ3v) is 5.60. The van der Waals surface area contributed by atoms with E-state index in [0.717, 1.165) is 50.9 Å². The fourth-order valence-corrected chi connectivity index (χ4v) is 3.48. The summed E-state index contributed by atoms with van der Waals surface area (Å²) in [5, 5.41) is 16.3. The molecule has 6 heteroatoms. The fourth-order valence-electron chi connectivity index (χ4n) is 3.48. The number of aliphatic imine (C=N–C) groups is 1. The van der Waals surface area contributed by atoms with Crippen molar-refractivity contribution >= 4 is 5.96 Å². The maximum absolute atomic E-state index is 9.39. The summed E-state index contributed by atoms with van der Waals surface area (Å²) in [6.45, 7) is 12.6. The molecule has 3 N–H and O–H groups in total. The molecule has 0 saturated carbocycles. The molecule has 0 spiro atoms. The zero-order chi connectivity index (χ0) is 21.3. The zero-order valence-electron chi connectivity index (χ0n) is 18.8. The van der Waals surface area contributed by atoms with E-state index in [-0.39, 0.29) is 17.4 Å². The molecular formula is C23H39N3O3. The van der Waals surface area contributed by atoms with E-state index in [0.29, 0.717) is 12.5 Å². The molecule has 0 aromatic heterocycles. The zero-order valence-corrected chi connectivity index (χ0v) is 18.8. The van der Waals surface area contributed by atoms with Gasteiger partial charge >= 0.3 is 0 Å². The lowest BCUT2D eigenvalue weighted by molar-refractivity contribution is 0.127. The number of aliphatic hydroxyl groups is 1. The smallest absolute Gasteiger partial charge is 0.191 e. The van der Waals surface area contributed by atoms with Gasteiger partial charge in [-0.05, 0) is 36.5 Å². The van der Waals surface area contributed by atoms with Crippen LogP contribution in [0, 0.1) is 11.3 Å². The number of rotatable bonds is 10. The molecule has 2 rings (SSSR count). The quantitative estimate of drug-likeness (QED) is 0.412. The summed E-state index contributed by atoms with van der Waals surface area (Å²) in [5.74, 6) is 2.21.